The molecular formula is C15H21ClN2O3S. The number of benzene rings is 1. The maximum absolute atomic E-state index is 12.4. The predicted molar refractivity (Wildman–Crippen MR) is 86.3 cm³/mol. The summed E-state index contributed by atoms with van der Waals surface area (Å²) in [6.07, 6.45) is 4.24. The molecule has 122 valence electrons. The lowest BCUT2D eigenvalue weighted by Crippen LogP contribution is -2.43. The highest BCUT2D eigenvalue weighted by Gasteiger charge is 2.28. The summed E-state index contributed by atoms with van der Waals surface area (Å²) < 4.78 is 26.0. The second kappa shape index (κ2) is 6.98. The summed E-state index contributed by atoms with van der Waals surface area (Å²) in [6, 6.07) is 6.17. The molecule has 0 unspecified atom stereocenters. The Balaban J connectivity index is 2.05. The van der Waals surface area contributed by atoms with Gasteiger partial charge in [-0.2, -0.15) is 4.31 Å². The summed E-state index contributed by atoms with van der Waals surface area (Å²) in [4.78, 5) is 14.1. The molecule has 1 aromatic carbocycles. The largest absolute Gasteiger partial charge is 0.342 e. The van der Waals surface area contributed by atoms with E-state index in [2.05, 4.69) is 0 Å². The van der Waals surface area contributed by atoms with Gasteiger partial charge >= 0.3 is 0 Å². The van der Waals surface area contributed by atoms with Crippen molar-refractivity contribution in [2.75, 3.05) is 20.6 Å². The van der Waals surface area contributed by atoms with Gasteiger partial charge in [-0.3, -0.25) is 4.79 Å². The zero-order valence-electron chi connectivity index (χ0n) is 12.8. The molecule has 1 fully saturated rings. The lowest BCUT2D eigenvalue weighted by Gasteiger charge is -2.26. The van der Waals surface area contributed by atoms with Crippen molar-refractivity contribution < 1.29 is 13.2 Å². The van der Waals surface area contributed by atoms with Crippen molar-refractivity contribution in [1.82, 2.24) is 9.21 Å². The minimum absolute atomic E-state index is 0.135. The van der Waals surface area contributed by atoms with E-state index in [1.807, 2.05) is 0 Å². The van der Waals surface area contributed by atoms with Crippen LogP contribution >= 0.6 is 11.6 Å². The Labute approximate surface area is 136 Å². The number of carbonyl (C=O) groups is 1. The molecule has 0 spiro atoms. The Bertz CT molecular complexity index is 625. The third kappa shape index (κ3) is 3.80. The number of nitrogens with zero attached hydrogens (tertiary/aromatic N) is 2. The topological polar surface area (TPSA) is 57.7 Å². The van der Waals surface area contributed by atoms with Gasteiger partial charge in [-0.1, -0.05) is 24.4 Å². The average molecular weight is 345 g/mol. The van der Waals surface area contributed by atoms with Gasteiger partial charge in [0.2, 0.25) is 15.9 Å². The first-order valence-electron chi connectivity index (χ1n) is 7.30. The zero-order valence-corrected chi connectivity index (χ0v) is 14.4. The van der Waals surface area contributed by atoms with Crippen LogP contribution in [0.15, 0.2) is 29.2 Å². The maximum atomic E-state index is 12.4. The Morgan fingerprint density at radius 1 is 1.18 bits per heavy atom. The number of hydrogen-bond acceptors (Lipinski definition) is 3. The molecule has 22 heavy (non-hydrogen) atoms. The molecule has 0 heterocycles. The van der Waals surface area contributed by atoms with E-state index in [0.717, 1.165) is 30.0 Å². The van der Waals surface area contributed by atoms with Gasteiger partial charge in [-0.05, 0) is 37.1 Å². The lowest BCUT2D eigenvalue weighted by atomic mass is 10.2. The van der Waals surface area contributed by atoms with E-state index in [9.17, 15) is 13.2 Å². The van der Waals surface area contributed by atoms with Gasteiger partial charge in [0.1, 0.15) is 0 Å². The highest BCUT2D eigenvalue weighted by atomic mass is 35.5. The van der Waals surface area contributed by atoms with Gasteiger partial charge in [-0.25, -0.2) is 8.42 Å². The average Bonchev–Trinajstić information content (AvgIpc) is 3.00. The van der Waals surface area contributed by atoms with E-state index >= 15 is 0 Å². The van der Waals surface area contributed by atoms with E-state index in [1.165, 1.54) is 31.3 Å². The molecule has 1 saturated carbocycles. The Morgan fingerprint density at radius 3 is 2.27 bits per heavy atom. The van der Waals surface area contributed by atoms with E-state index in [-0.39, 0.29) is 23.4 Å². The summed E-state index contributed by atoms with van der Waals surface area (Å²) in [6.45, 7) is -0.155. The van der Waals surface area contributed by atoms with Crippen LogP contribution in [0.25, 0.3) is 0 Å². The molecule has 1 aromatic rings. The first-order valence-corrected chi connectivity index (χ1v) is 9.12. The van der Waals surface area contributed by atoms with Gasteiger partial charge in [0.05, 0.1) is 11.4 Å². The van der Waals surface area contributed by atoms with Crippen LogP contribution in [0, 0.1) is 0 Å². The Morgan fingerprint density at radius 2 is 1.73 bits per heavy atom. The number of likely N-dealkylation sites (N-methyl/N-ethyl adjacent to an activating group) is 2. The highest BCUT2D eigenvalue weighted by Crippen LogP contribution is 2.23. The fourth-order valence-electron chi connectivity index (χ4n) is 2.67. The molecular weight excluding hydrogens is 324 g/mol. The van der Waals surface area contributed by atoms with Crippen molar-refractivity contribution in [1.29, 1.82) is 0 Å². The molecule has 0 bridgehead atoms. The molecule has 0 radical (unpaired) electrons. The van der Waals surface area contributed by atoms with Crippen molar-refractivity contribution in [3.63, 3.8) is 0 Å². The monoisotopic (exact) mass is 344 g/mol. The number of amides is 1. The lowest BCUT2D eigenvalue weighted by molar-refractivity contribution is -0.131. The first kappa shape index (κ1) is 17.2. The summed E-state index contributed by atoms with van der Waals surface area (Å²) in [5.74, 6) is -0.174. The van der Waals surface area contributed by atoms with Crippen molar-refractivity contribution in [2.24, 2.45) is 0 Å². The molecule has 2 rings (SSSR count). The summed E-state index contributed by atoms with van der Waals surface area (Å²) in [5, 5.41) is 0.471. The van der Waals surface area contributed by atoms with Crippen LogP contribution in [0.2, 0.25) is 5.02 Å². The first-order chi connectivity index (χ1) is 10.3. The van der Waals surface area contributed by atoms with Gasteiger partial charge < -0.3 is 4.90 Å². The maximum Gasteiger partial charge on any atom is 0.243 e. The number of sulfonamides is 1. The van der Waals surface area contributed by atoms with Crippen LogP contribution in [-0.4, -0.2) is 50.2 Å². The summed E-state index contributed by atoms with van der Waals surface area (Å²) >= 11 is 5.77. The van der Waals surface area contributed by atoms with Crippen LogP contribution in [-0.2, 0) is 14.8 Å². The second-order valence-electron chi connectivity index (χ2n) is 5.66. The Hall–Kier alpha value is -1.11. The number of hydrogen-bond donors (Lipinski definition) is 0. The van der Waals surface area contributed by atoms with Crippen LogP contribution in [0.1, 0.15) is 25.7 Å². The summed E-state index contributed by atoms with van der Waals surface area (Å²) in [5.41, 5.74) is 0. The zero-order chi connectivity index (χ0) is 16.3. The van der Waals surface area contributed by atoms with Gasteiger partial charge in [-0.15, -0.1) is 0 Å². The molecule has 7 heteroatoms. The van der Waals surface area contributed by atoms with Crippen molar-refractivity contribution in [3.8, 4) is 0 Å². The van der Waals surface area contributed by atoms with Crippen LogP contribution < -0.4 is 0 Å². The fraction of sp³-hybridized carbons (Fsp3) is 0.533. The standard InChI is InChI=1S/C15H21ClN2O3S/c1-17(11-15(19)18(2)13-5-3-4-6-13)22(20,21)14-9-7-12(16)8-10-14/h7-10,13H,3-6,11H2,1-2H3. The SMILES string of the molecule is CN(C(=O)CN(C)S(=O)(=O)c1ccc(Cl)cc1)C1CCCC1. The van der Waals surface area contributed by atoms with E-state index in [0.29, 0.717) is 5.02 Å². The normalized spacial score (nSPS) is 16.2. The van der Waals surface area contributed by atoms with E-state index in [1.54, 1.807) is 11.9 Å². The van der Waals surface area contributed by atoms with Crippen molar-refractivity contribution >= 4 is 27.5 Å². The molecule has 0 aliphatic heterocycles. The van der Waals surface area contributed by atoms with E-state index < -0.39 is 10.0 Å². The third-order valence-corrected chi connectivity index (χ3v) is 6.22. The fourth-order valence-corrected chi connectivity index (χ4v) is 3.91. The molecule has 0 saturated heterocycles. The molecule has 0 aromatic heterocycles. The predicted octanol–water partition coefficient (Wildman–Crippen LogP) is 2.36. The molecule has 1 aliphatic carbocycles. The molecule has 1 amide bonds. The molecule has 0 N–H and O–H groups in total. The van der Waals surface area contributed by atoms with Crippen molar-refractivity contribution in [3.05, 3.63) is 29.3 Å². The van der Waals surface area contributed by atoms with Crippen molar-refractivity contribution in [2.45, 2.75) is 36.6 Å². The minimum atomic E-state index is -3.68. The quantitative estimate of drug-likeness (QED) is 0.824. The smallest absolute Gasteiger partial charge is 0.243 e. The number of halogens is 1. The number of carbonyl (C=O) groups excluding carboxylic acids is 1. The second-order valence-corrected chi connectivity index (χ2v) is 8.14. The van der Waals surface area contributed by atoms with Gasteiger partial charge in [0.25, 0.3) is 0 Å². The highest BCUT2D eigenvalue weighted by molar-refractivity contribution is 7.89. The van der Waals surface area contributed by atoms with Crippen LogP contribution in [0.3, 0.4) is 0 Å². The molecule has 5 nitrogen and oxygen atoms in total. The minimum Gasteiger partial charge on any atom is -0.342 e. The van der Waals surface area contributed by atoms with E-state index in [4.69, 9.17) is 11.6 Å². The number of rotatable bonds is 5. The van der Waals surface area contributed by atoms with Gasteiger partial charge in [0.15, 0.2) is 0 Å². The summed E-state index contributed by atoms with van der Waals surface area (Å²) in [7, 11) is -0.509. The molecule has 0 atom stereocenters. The Kier molecular flexibility index (Phi) is 5.47. The third-order valence-electron chi connectivity index (χ3n) is 4.15. The molecule has 1 aliphatic rings. The van der Waals surface area contributed by atoms with Gasteiger partial charge in [0, 0.05) is 25.2 Å². The van der Waals surface area contributed by atoms with Crippen LogP contribution in [0.4, 0.5) is 0 Å². The van der Waals surface area contributed by atoms with Crippen LogP contribution in [0.5, 0.6) is 0 Å².